The van der Waals surface area contributed by atoms with E-state index >= 15 is 0 Å². The minimum atomic E-state index is -0.207. The van der Waals surface area contributed by atoms with E-state index in [0.717, 1.165) is 18.4 Å². The number of nitrogens with two attached hydrogens (primary N) is 1. The van der Waals surface area contributed by atoms with E-state index in [1.54, 1.807) is 6.07 Å². The summed E-state index contributed by atoms with van der Waals surface area (Å²) in [5.41, 5.74) is 7.57. The second-order valence-corrected chi connectivity index (χ2v) is 4.54. The van der Waals surface area contributed by atoms with Crippen LogP contribution in [0.5, 0.6) is 0 Å². The van der Waals surface area contributed by atoms with Crippen LogP contribution in [0.4, 0.5) is 10.1 Å². The Hall–Kier alpha value is -1.05. The Labute approximate surface area is 85.1 Å². The van der Waals surface area contributed by atoms with Crippen LogP contribution < -0.4 is 5.73 Å². The first-order valence-corrected chi connectivity index (χ1v) is 4.98. The Morgan fingerprint density at radius 3 is 2.57 bits per heavy atom. The summed E-state index contributed by atoms with van der Waals surface area (Å²) in [6.45, 7) is 6.46. The zero-order valence-corrected chi connectivity index (χ0v) is 9.10. The summed E-state index contributed by atoms with van der Waals surface area (Å²) in [5.74, 6) is -0.207. The van der Waals surface area contributed by atoms with E-state index in [0.29, 0.717) is 5.69 Å². The molecule has 2 N–H and O–H groups in total. The molecule has 1 rings (SSSR count). The molecule has 78 valence electrons. The molecule has 0 aliphatic heterocycles. The average molecular weight is 195 g/mol. The normalized spacial score (nSPS) is 11.7. The van der Waals surface area contributed by atoms with Crippen LogP contribution >= 0.6 is 0 Å². The summed E-state index contributed by atoms with van der Waals surface area (Å²) in [5, 5.41) is 0. The van der Waals surface area contributed by atoms with Gasteiger partial charge in [0.2, 0.25) is 0 Å². The van der Waals surface area contributed by atoms with Gasteiger partial charge in [-0.1, -0.05) is 27.2 Å². The molecule has 1 aromatic carbocycles. The highest BCUT2D eigenvalue weighted by molar-refractivity contribution is 5.47. The second kappa shape index (κ2) is 3.99. The van der Waals surface area contributed by atoms with Crippen molar-refractivity contribution in [2.24, 2.45) is 5.41 Å². The van der Waals surface area contributed by atoms with Crippen molar-refractivity contribution < 1.29 is 4.39 Å². The van der Waals surface area contributed by atoms with Crippen molar-refractivity contribution in [3.63, 3.8) is 0 Å². The van der Waals surface area contributed by atoms with E-state index in [-0.39, 0.29) is 11.2 Å². The highest BCUT2D eigenvalue weighted by atomic mass is 19.1. The molecule has 1 nitrogen and oxygen atoms in total. The maximum atomic E-state index is 13.0. The van der Waals surface area contributed by atoms with Gasteiger partial charge in [0.25, 0.3) is 0 Å². The third kappa shape index (κ3) is 2.72. The van der Waals surface area contributed by atoms with Crippen LogP contribution in [0.2, 0.25) is 0 Å². The van der Waals surface area contributed by atoms with Crippen LogP contribution in [0.1, 0.15) is 32.8 Å². The Kier molecular flexibility index (Phi) is 3.14. The minimum Gasteiger partial charge on any atom is -0.399 e. The van der Waals surface area contributed by atoms with Gasteiger partial charge in [-0.25, -0.2) is 4.39 Å². The molecule has 0 saturated heterocycles. The summed E-state index contributed by atoms with van der Waals surface area (Å²) in [6.07, 6.45) is 1.88. The van der Waals surface area contributed by atoms with Crippen molar-refractivity contribution in [3.8, 4) is 0 Å². The summed E-state index contributed by atoms with van der Waals surface area (Å²) in [4.78, 5) is 0. The van der Waals surface area contributed by atoms with Crippen LogP contribution in [0.25, 0.3) is 0 Å². The highest BCUT2D eigenvalue weighted by Crippen LogP contribution is 2.28. The first-order chi connectivity index (χ1) is 6.44. The smallest absolute Gasteiger partial charge is 0.123 e. The van der Waals surface area contributed by atoms with Gasteiger partial charge in [0.05, 0.1) is 0 Å². The topological polar surface area (TPSA) is 26.0 Å². The van der Waals surface area contributed by atoms with Gasteiger partial charge in [0.1, 0.15) is 5.82 Å². The van der Waals surface area contributed by atoms with E-state index in [9.17, 15) is 4.39 Å². The van der Waals surface area contributed by atoms with E-state index in [2.05, 4.69) is 20.8 Å². The van der Waals surface area contributed by atoms with Crippen molar-refractivity contribution in [3.05, 3.63) is 29.6 Å². The Morgan fingerprint density at radius 1 is 1.36 bits per heavy atom. The lowest BCUT2D eigenvalue weighted by Crippen LogP contribution is -2.14. The molecular weight excluding hydrogens is 177 g/mol. The molecule has 0 spiro atoms. The number of hydrogen-bond acceptors (Lipinski definition) is 1. The van der Waals surface area contributed by atoms with Crippen molar-refractivity contribution in [2.45, 2.75) is 33.6 Å². The maximum Gasteiger partial charge on any atom is 0.123 e. The quantitative estimate of drug-likeness (QED) is 0.735. The van der Waals surface area contributed by atoms with Gasteiger partial charge >= 0.3 is 0 Å². The predicted octanol–water partition coefficient (Wildman–Crippen LogP) is 3.39. The van der Waals surface area contributed by atoms with E-state index in [4.69, 9.17) is 5.73 Å². The lowest BCUT2D eigenvalue weighted by molar-refractivity contribution is 0.349. The number of hydrogen-bond donors (Lipinski definition) is 1. The average Bonchev–Trinajstić information content (AvgIpc) is 2.11. The van der Waals surface area contributed by atoms with Gasteiger partial charge in [0.15, 0.2) is 0 Å². The van der Waals surface area contributed by atoms with Crippen LogP contribution in [0.15, 0.2) is 18.2 Å². The van der Waals surface area contributed by atoms with E-state index < -0.39 is 0 Å². The lowest BCUT2D eigenvalue weighted by Gasteiger charge is -2.23. The molecule has 0 aliphatic carbocycles. The molecule has 0 bridgehead atoms. The summed E-state index contributed by atoms with van der Waals surface area (Å²) >= 11 is 0. The molecule has 0 aliphatic rings. The molecule has 2 heteroatoms. The summed E-state index contributed by atoms with van der Waals surface area (Å²) in [7, 11) is 0. The molecule has 0 aromatic heterocycles. The highest BCUT2D eigenvalue weighted by Gasteiger charge is 2.17. The third-order valence-electron chi connectivity index (χ3n) is 2.73. The predicted molar refractivity (Wildman–Crippen MR) is 58.6 cm³/mol. The number of anilines is 1. The zero-order chi connectivity index (χ0) is 10.8. The molecule has 14 heavy (non-hydrogen) atoms. The van der Waals surface area contributed by atoms with Crippen LogP contribution in [-0.4, -0.2) is 0 Å². The van der Waals surface area contributed by atoms with Crippen LogP contribution in [-0.2, 0) is 6.42 Å². The van der Waals surface area contributed by atoms with Gasteiger partial charge in [-0.05, 0) is 35.6 Å². The Bertz CT molecular complexity index is 318. The van der Waals surface area contributed by atoms with Gasteiger partial charge < -0.3 is 5.73 Å². The van der Waals surface area contributed by atoms with Crippen molar-refractivity contribution >= 4 is 5.69 Å². The zero-order valence-electron chi connectivity index (χ0n) is 9.10. The number of rotatable bonds is 3. The Balaban J connectivity index is 2.91. The summed E-state index contributed by atoms with van der Waals surface area (Å²) < 4.78 is 13.0. The first-order valence-electron chi connectivity index (χ1n) is 4.98. The molecule has 0 saturated carbocycles. The molecular formula is C12H18FN. The van der Waals surface area contributed by atoms with Gasteiger partial charge in [0, 0.05) is 5.69 Å². The van der Waals surface area contributed by atoms with Gasteiger partial charge in [-0.3, -0.25) is 0 Å². The van der Waals surface area contributed by atoms with E-state index in [1.165, 1.54) is 12.1 Å². The Morgan fingerprint density at radius 2 is 2.00 bits per heavy atom. The number of nitrogen functional groups attached to an aromatic ring is 1. The fraction of sp³-hybridized carbons (Fsp3) is 0.500. The molecule has 0 heterocycles. The van der Waals surface area contributed by atoms with Crippen LogP contribution in [0, 0.1) is 11.2 Å². The van der Waals surface area contributed by atoms with Gasteiger partial charge in [-0.2, -0.15) is 0 Å². The summed E-state index contributed by atoms with van der Waals surface area (Å²) in [6, 6.07) is 4.57. The molecule has 0 radical (unpaired) electrons. The van der Waals surface area contributed by atoms with Crippen LogP contribution in [0.3, 0.4) is 0 Å². The molecule has 0 unspecified atom stereocenters. The fourth-order valence-corrected chi connectivity index (χ4v) is 1.37. The number of benzene rings is 1. The molecule has 0 amide bonds. The largest absolute Gasteiger partial charge is 0.399 e. The lowest BCUT2D eigenvalue weighted by atomic mass is 9.83. The first kappa shape index (κ1) is 11.0. The molecule has 1 aromatic rings. The van der Waals surface area contributed by atoms with Gasteiger partial charge in [-0.15, -0.1) is 0 Å². The van der Waals surface area contributed by atoms with Crippen molar-refractivity contribution in [1.82, 2.24) is 0 Å². The second-order valence-electron chi connectivity index (χ2n) is 4.54. The van der Waals surface area contributed by atoms with E-state index in [1.807, 2.05) is 0 Å². The third-order valence-corrected chi connectivity index (χ3v) is 2.73. The number of halogens is 1. The fourth-order valence-electron chi connectivity index (χ4n) is 1.37. The minimum absolute atomic E-state index is 0.182. The van der Waals surface area contributed by atoms with Crippen molar-refractivity contribution in [1.29, 1.82) is 0 Å². The monoisotopic (exact) mass is 195 g/mol. The molecule has 0 fully saturated rings. The molecule has 0 atom stereocenters. The SMILES string of the molecule is CCC(C)(C)Cc1cc(F)ccc1N. The van der Waals surface area contributed by atoms with Crippen molar-refractivity contribution in [2.75, 3.05) is 5.73 Å². The maximum absolute atomic E-state index is 13.0. The standard InChI is InChI=1S/C12H18FN/c1-4-12(2,3)8-9-7-10(13)5-6-11(9)14/h5-7H,4,8,14H2,1-3H3.